The average Bonchev–Trinajstić information content (AvgIpc) is 2.63. The average molecular weight is 229 g/mol. The van der Waals surface area contributed by atoms with Crippen LogP contribution in [0.4, 0.5) is 0 Å². The van der Waals surface area contributed by atoms with E-state index >= 15 is 0 Å². The molecule has 0 spiro atoms. The summed E-state index contributed by atoms with van der Waals surface area (Å²) in [5.41, 5.74) is 0. The molecule has 0 aliphatic heterocycles. The predicted molar refractivity (Wildman–Crippen MR) is 65.2 cm³/mol. The Morgan fingerprint density at radius 3 is 2.40 bits per heavy atom. The van der Waals surface area contributed by atoms with E-state index in [1.807, 2.05) is 10.8 Å². The molecule has 0 atom stereocenters. The summed E-state index contributed by atoms with van der Waals surface area (Å²) in [6.07, 6.45) is 13.0. The Morgan fingerprint density at radius 2 is 1.80 bits per heavy atom. The van der Waals surface area contributed by atoms with E-state index in [9.17, 15) is 0 Å². The maximum absolute atomic E-state index is 5.87. The van der Waals surface area contributed by atoms with Gasteiger partial charge in [-0.1, -0.05) is 45.4 Å². The van der Waals surface area contributed by atoms with Gasteiger partial charge in [0, 0.05) is 18.9 Å². The largest absolute Gasteiger partial charge is 0.322 e. The Hall–Kier alpha value is -0.500. The van der Waals surface area contributed by atoms with Gasteiger partial charge in [-0.15, -0.1) is 0 Å². The van der Waals surface area contributed by atoms with Crippen molar-refractivity contribution in [3.8, 4) is 0 Å². The molecule has 1 aromatic rings. The summed E-state index contributed by atoms with van der Waals surface area (Å²) in [7, 11) is 0. The smallest absolute Gasteiger partial charge is 0.202 e. The van der Waals surface area contributed by atoms with Gasteiger partial charge in [0.05, 0.1) is 0 Å². The molecule has 0 saturated heterocycles. The van der Waals surface area contributed by atoms with Gasteiger partial charge in [-0.2, -0.15) is 0 Å². The monoisotopic (exact) mass is 228 g/mol. The molecule has 86 valence electrons. The molecule has 3 heteroatoms. The summed E-state index contributed by atoms with van der Waals surface area (Å²) >= 11 is 5.87. The van der Waals surface area contributed by atoms with E-state index < -0.39 is 0 Å². The summed E-state index contributed by atoms with van der Waals surface area (Å²) in [6.45, 7) is 3.26. The fourth-order valence-electron chi connectivity index (χ4n) is 1.72. The lowest BCUT2D eigenvalue weighted by molar-refractivity contribution is 0.550. The van der Waals surface area contributed by atoms with Gasteiger partial charge in [0.25, 0.3) is 0 Å². The molecule has 0 aliphatic rings. The van der Waals surface area contributed by atoms with Crippen molar-refractivity contribution < 1.29 is 0 Å². The molecule has 0 radical (unpaired) electrons. The first-order valence-corrected chi connectivity index (χ1v) is 6.39. The van der Waals surface area contributed by atoms with E-state index in [-0.39, 0.29) is 0 Å². The summed E-state index contributed by atoms with van der Waals surface area (Å²) < 4.78 is 2.01. The van der Waals surface area contributed by atoms with E-state index in [0.29, 0.717) is 5.28 Å². The van der Waals surface area contributed by atoms with Crippen molar-refractivity contribution in [2.24, 2.45) is 0 Å². The van der Waals surface area contributed by atoms with Gasteiger partial charge >= 0.3 is 0 Å². The number of aryl methyl sites for hydroxylation is 1. The molecule has 0 N–H and O–H groups in total. The summed E-state index contributed by atoms with van der Waals surface area (Å²) in [6, 6.07) is 0. The Labute approximate surface area is 97.7 Å². The highest BCUT2D eigenvalue weighted by atomic mass is 35.5. The first kappa shape index (κ1) is 12.6. The lowest BCUT2D eigenvalue weighted by Gasteiger charge is -2.03. The molecule has 0 unspecified atom stereocenters. The molecule has 0 aliphatic carbocycles. The Kier molecular flexibility index (Phi) is 6.49. The number of halogens is 1. The lowest BCUT2D eigenvalue weighted by atomic mass is 10.1. The number of unbranched alkanes of at least 4 members (excludes halogenated alkanes) is 6. The maximum Gasteiger partial charge on any atom is 0.202 e. The van der Waals surface area contributed by atoms with Crippen molar-refractivity contribution in [1.29, 1.82) is 0 Å². The molecule has 1 aromatic heterocycles. The lowest BCUT2D eigenvalue weighted by Crippen LogP contribution is -1.96. The second-order valence-electron chi connectivity index (χ2n) is 4.01. The summed E-state index contributed by atoms with van der Waals surface area (Å²) in [5.74, 6) is 0. The van der Waals surface area contributed by atoms with Crippen LogP contribution in [0.2, 0.25) is 5.28 Å². The van der Waals surface area contributed by atoms with Crippen LogP contribution in [0.5, 0.6) is 0 Å². The van der Waals surface area contributed by atoms with Gasteiger partial charge in [0.15, 0.2) is 0 Å². The molecule has 1 rings (SSSR count). The van der Waals surface area contributed by atoms with Crippen LogP contribution < -0.4 is 0 Å². The van der Waals surface area contributed by atoms with Crippen molar-refractivity contribution in [2.45, 2.75) is 58.4 Å². The minimum Gasteiger partial charge on any atom is -0.322 e. The Bertz CT molecular complexity index is 258. The van der Waals surface area contributed by atoms with Crippen LogP contribution in [0, 0.1) is 0 Å². The van der Waals surface area contributed by atoms with Gasteiger partial charge < -0.3 is 4.57 Å². The van der Waals surface area contributed by atoms with Gasteiger partial charge in [-0.05, 0) is 18.0 Å². The second-order valence-corrected chi connectivity index (χ2v) is 4.35. The third-order valence-electron chi connectivity index (χ3n) is 2.67. The highest BCUT2D eigenvalue weighted by Crippen LogP contribution is 2.10. The highest BCUT2D eigenvalue weighted by Gasteiger charge is 1.97. The van der Waals surface area contributed by atoms with Crippen molar-refractivity contribution >= 4 is 11.6 Å². The number of imidazole rings is 1. The molecular weight excluding hydrogens is 208 g/mol. The third kappa shape index (κ3) is 5.22. The zero-order valence-electron chi connectivity index (χ0n) is 9.58. The van der Waals surface area contributed by atoms with E-state index in [0.717, 1.165) is 6.54 Å². The fourth-order valence-corrected chi connectivity index (χ4v) is 1.91. The standard InChI is InChI=1S/C12H21ClN2/c1-2-3-4-5-6-7-8-10-15-11-9-14-12(15)13/h9,11H,2-8,10H2,1H3. The van der Waals surface area contributed by atoms with Crippen molar-refractivity contribution in [1.82, 2.24) is 9.55 Å². The molecule has 2 nitrogen and oxygen atoms in total. The van der Waals surface area contributed by atoms with E-state index in [4.69, 9.17) is 11.6 Å². The normalized spacial score (nSPS) is 10.8. The van der Waals surface area contributed by atoms with Crippen LogP contribution in [-0.2, 0) is 6.54 Å². The molecular formula is C12H21ClN2. The maximum atomic E-state index is 5.87. The second kappa shape index (κ2) is 7.75. The first-order valence-electron chi connectivity index (χ1n) is 6.01. The van der Waals surface area contributed by atoms with Crippen LogP contribution in [0.15, 0.2) is 12.4 Å². The van der Waals surface area contributed by atoms with E-state index in [2.05, 4.69) is 11.9 Å². The topological polar surface area (TPSA) is 17.8 Å². The van der Waals surface area contributed by atoms with Crippen LogP contribution >= 0.6 is 11.6 Å². The molecule has 1 heterocycles. The minimum atomic E-state index is 0.612. The van der Waals surface area contributed by atoms with Gasteiger partial charge in [0.2, 0.25) is 5.28 Å². The van der Waals surface area contributed by atoms with Gasteiger partial charge in [0.1, 0.15) is 0 Å². The number of nitrogens with zero attached hydrogens (tertiary/aromatic N) is 2. The quantitative estimate of drug-likeness (QED) is 0.607. The number of rotatable bonds is 8. The van der Waals surface area contributed by atoms with Gasteiger partial charge in [-0.25, -0.2) is 4.98 Å². The predicted octanol–water partition coefficient (Wildman–Crippen LogP) is 4.29. The Balaban J connectivity index is 1.96. The molecule has 0 fully saturated rings. The molecule has 0 bridgehead atoms. The van der Waals surface area contributed by atoms with Crippen LogP contribution in [0.3, 0.4) is 0 Å². The zero-order chi connectivity index (χ0) is 10.9. The first-order chi connectivity index (χ1) is 7.34. The SMILES string of the molecule is CCCCCCCCCn1ccnc1Cl. The molecule has 0 amide bonds. The number of hydrogen-bond donors (Lipinski definition) is 0. The van der Waals surface area contributed by atoms with Crippen LogP contribution in [-0.4, -0.2) is 9.55 Å². The highest BCUT2D eigenvalue weighted by molar-refractivity contribution is 6.28. The van der Waals surface area contributed by atoms with Crippen molar-refractivity contribution in [3.63, 3.8) is 0 Å². The van der Waals surface area contributed by atoms with Gasteiger partial charge in [-0.3, -0.25) is 0 Å². The third-order valence-corrected chi connectivity index (χ3v) is 2.98. The molecule has 0 saturated carbocycles. The van der Waals surface area contributed by atoms with E-state index in [1.54, 1.807) is 6.20 Å². The summed E-state index contributed by atoms with van der Waals surface area (Å²) in [5, 5.41) is 0.612. The molecule has 15 heavy (non-hydrogen) atoms. The zero-order valence-corrected chi connectivity index (χ0v) is 10.3. The summed E-state index contributed by atoms with van der Waals surface area (Å²) in [4.78, 5) is 3.98. The minimum absolute atomic E-state index is 0.612. The van der Waals surface area contributed by atoms with E-state index in [1.165, 1.54) is 44.9 Å². The number of hydrogen-bond acceptors (Lipinski definition) is 1. The van der Waals surface area contributed by atoms with Crippen molar-refractivity contribution in [3.05, 3.63) is 17.7 Å². The van der Waals surface area contributed by atoms with Crippen molar-refractivity contribution in [2.75, 3.05) is 0 Å². The fraction of sp³-hybridized carbons (Fsp3) is 0.750. The molecule has 0 aromatic carbocycles. The Morgan fingerprint density at radius 1 is 1.13 bits per heavy atom. The van der Waals surface area contributed by atoms with Crippen LogP contribution in [0.1, 0.15) is 51.9 Å². The number of aromatic nitrogens is 2. The van der Waals surface area contributed by atoms with Crippen LogP contribution in [0.25, 0.3) is 0 Å².